The lowest BCUT2D eigenvalue weighted by atomic mass is 9.96. The average molecular weight is 493 g/mol. The molecule has 0 amide bonds. The van der Waals surface area contributed by atoms with E-state index >= 15 is 0 Å². The Labute approximate surface area is 205 Å². The second-order valence-corrected chi connectivity index (χ2v) is 8.20. The Balaban J connectivity index is 1.85. The lowest BCUT2D eigenvalue weighted by Crippen LogP contribution is -2.28. The highest BCUT2D eigenvalue weighted by Crippen LogP contribution is 2.30. The van der Waals surface area contributed by atoms with Crippen molar-refractivity contribution in [3.8, 4) is 22.3 Å². The highest BCUT2D eigenvalue weighted by Gasteiger charge is 2.32. The molecule has 0 radical (unpaired) electrons. The highest BCUT2D eigenvalue weighted by atomic mass is 19.4. The maximum Gasteiger partial charge on any atom is 0.433 e. The molecule has 10 heteroatoms. The number of pyridine rings is 3. The van der Waals surface area contributed by atoms with Crippen LogP contribution in [-0.4, -0.2) is 33.0 Å². The van der Waals surface area contributed by atoms with E-state index in [1.807, 2.05) is 49.4 Å². The normalized spacial score (nSPS) is 12.0. The van der Waals surface area contributed by atoms with E-state index in [4.69, 9.17) is 5.73 Å². The van der Waals surface area contributed by atoms with E-state index in [0.717, 1.165) is 28.3 Å². The zero-order chi connectivity index (χ0) is 25.9. The summed E-state index contributed by atoms with van der Waals surface area (Å²) in [4.78, 5) is 19.5. The molecule has 3 heterocycles. The number of anilines is 1. The van der Waals surface area contributed by atoms with Gasteiger partial charge in [0.15, 0.2) is 5.49 Å². The molecule has 0 saturated heterocycles. The SMILES string of the molecule is Cc1ccc(-c2ccn(C=O)/c(=N\N(C)Cc3ccc(C(F)(F)F)nc3N)c2-c2ccncc2)cc1. The van der Waals surface area contributed by atoms with Gasteiger partial charge in [0.2, 0.25) is 6.41 Å². The van der Waals surface area contributed by atoms with Gasteiger partial charge >= 0.3 is 6.18 Å². The van der Waals surface area contributed by atoms with Crippen molar-refractivity contribution in [1.82, 2.24) is 19.5 Å². The largest absolute Gasteiger partial charge is 0.433 e. The predicted octanol–water partition coefficient (Wildman–Crippen LogP) is 4.51. The van der Waals surface area contributed by atoms with Crippen molar-refractivity contribution in [3.63, 3.8) is 0 Å². The van der Waals surface area contributed by atoms with Crippen LogP contribution in [0.15, 0.2) is 78.3 Å². The Hall–Kier alpha value is -4.47. The van der Waals surface area contributed by atoms with E-state index in [2.05, 4.69) is 15.1 Å². The third-order valence-electron chi connectivity index (χ3n) is 5.55. The molecule has 0 aliphatic heterocycles. The fraction of sp³-hybridized carbons (Fsp3) is 0.154. The van der Waals surface area contributed by atoms with Crippen molar-refractivity contribution in [1.29, 1.82) is 0 Å². The van der Waals surface area contributed by atoms with E-state index in [-0.39, 0.29) is 12.4 Å². The second-order valence-electron chi connectivity index (χ2n) is 8.20. The summed E-state index contributed by atoms with van der Waals surface area (Å²) in [5.74, 6) is -0.238. The number of hydrogen-bond acceptors (Lipinski definition) is 6. The fourth-order valence-electron chi connectivity index (χ4n) is 3.76. The number of rotatable bonds is 6. The molecule has 36 heavy (non-hydrogen) atoms. The Bertz CT molecular complexity index is 1450. The topological polar surface area (TPSA) is 89.4 Å². The first-order valence-electron chi connectivity index (χ1n) is 10.9. The van der Waals surface area contributed by atoms with Crippen LogP contribution in [-0.2, 0) is 17.5 Å². The van der Waals surface area contributed by atoms with Gasteiger partial charge in [0.1, 0.15) is 11.5 Å². The Morgan fingerprint density at radius 3 is 2.33 bits per heavy atom. The van der Waals surface area contributed by atoms with E-state index < -0.39 is 11.9 Å². The Kier molecular flexibility index (Phi) is 6.86. The molecule has 7 nitrogen and oxygen atoms in total. The van der Waals surface area contributed by atoms with Crippen LogP contribution in [0.1, 0.15) is 16.8 Å². The standard InChI is InChI=1S/C26H23F3N6O/c1-17-3-5-18(6-4-17)21-11-14-35(16-36)25(23(21)19-9-12-31-13-10-19)33-34(2)15-20-7-8-22(26(27,28)29)32-24(20)30/h3-14,16H,15H2,1-2H3,(H2,30,32)/b33-25-. The molecule has 4 rings (SSSR count). The number of benzene rings is 1. The minimum atomic E-state index is -4.59. The zero-order valence-corrected chi connectivity index (χ0v) is 19.6. The monoisotopic (exact) mass is 492 g/mol. The van der Waals surface area contributed by atoms with E-state index in [0.29, 0.717) is 23.0 Å². The second kappa shape index (κ2) is 10.0. The van der Waals surface area contributed by atoms with Gasteiger partial charge in [-0.25, -0.2) is 4.98 Å². The number of nitrogens with zero attached hydrogens (tertiary/aromatic N) is 5. The van der Waals surface area contributed by atoms with Gasteiger partial charge in [0, 0.05) is 36.8 Å². The summed E-state index contributed by atoms with van der Waals surface area (Å²) < 4.78 is 40.2. The first-order valence-corrected chi connectivity index (χ1v) is 10.9. The van der Waals surface area contributed by atoms with Crippen LogP contribution in [0.5, 0.6) is 0 Å². The number of carbonyl (C=O) groups excluding carboxylic acids is 1. The molecular weight excluding hydrogens is 469 g/mol. The molecule has 0 fully saturated rings. The van der Waals surface area contributed by atoms with Crippen molar-refractivity contribution in [3.05, 3.63) is 95.5 Å². The molecule has 0 aliphatic carbocycles. The van der Waals surface area contributed by atoms with Gasteiger partial charge in [-0.1, -0.05) is 35.9 Å². The first-order chi connectivity index (χ1) is 17.2. The molecule has 184 valence electrons. The molecule has 0 aliphatic rings. The van der Waals surface area contributed by atoms with Crippen LogP contribution < -0.4 is 11.2 Å². The lowest BCUT2D eigenvalue weighted by molar-refractivity contribution is -0.141. The van der Waals surface area contributed by atoms with Crippen LogP contribution >= 0.6 is 0 Å². The van der Waals surface area contributed by atoms with Crippen molar-refractivity contribution in [2.24, 2.45) is 5.10 Å². The summed E-state index contributed by atoms with van der Waals surface area (Å²) in [6, 6.07) is 15.6. The van der Waals surface area contributed by atoms with Gasteiger partial charge in [-0.2, -0.15) is 18.3 Å². The van der Waals surface area contributed by atoms with Gasteiger partial charge in [-0.3, -0.25) is 19.4 Å². The van der Waals surface area contributed by atoms with Gasteiger partial charge in [0.05, 0.1) is 6.54 Å². The van der Waals surface area contributed by atoms with Crippen molar-refractivity contribution >= 4 is 12.2 Å². The molecule has 0 unspecified atom stereocenters. The number of carbonyl (C=O) groups is 1. The molecule has 4 aromatic rings. The summed E-state index contributed by atoms with van der Waals surface area (Å²) in [5.41, 5.74) is 9.82. The number of aryl methyl sites for hydroxylation is 1. The highest BCUT2D eigenvalue weighted by molar-refractivity contribution is 5.83. The van der Waals surface area contributed by atoms with Crippen molar-refractivity contribution < 1.29 is 18.0 Å². The van der Waals surface area contributed by atoms with Gasteiger partial charge in [-0.15, -0.1) is 0 Å². The molecule has 0 atom stereocenters. The third-order valence-corrected chi connectivity index (χ3v) is 5.55. The summed E-state index contributed by atoms with van der Waals surface area (Å²) >= 11 is 0. The molecule has 1 aromatic carbocycles. The van der Waals surface area contributed by atoms with Crippen LogP contribution in [0.25, 0.3) is 22.3 Å². The number of nitrogens with two attached hydrogens (primary N) is 1. The summed E-state index contributed by atoms with van der Waals surface area (Å²) in [6.45, 7) is 2.07. The number of hydrogen-bond donors (Lipinski definition) is 1. The van der Waals surface area contributed by atoms with Crippen molar-refractivity contribution in [2.75, 3.05) is 12.8 Å². The number of aromatic nitrogens is 3. The summed E-state index contributed by atoms with van der Waals surface area (Å²) in [6.07, 6.45) is 0.968. The summed E-state index contributed by atoms with van der Waals surface area (Å²) in [5, 5.41) is 6.16. The maximum atomic E-state index is 13.0. The van der Waals surface area contributed by atoms with E-state index in [1.165, 1.54) is 15.6 Å². The number of alkyl halides is 3. The number of nitrogen functional groups attached to an aromatic ring is 1. The minimum absolute atomic E-state index is 0.0698. The molecule has 0 bridgehead atoms. The first kappa shape index (κ1) is 24.6. The van der Waals surface area contributed by atoms with Gasteiger partial charge in [-0.05, 0) is 47.9 Å². The lowest BCUT2D eigenvalue weighted by Gasteiger charge is -2.18. The quantitative estimate of drug-likeness (QED) is 0.316. The molecular formula is C26H23F3N6O. The van der Waals surface area contributed by atoms with E-state index in [9.17, 15) is 18.0 Å². The Morgan fingerprint density at radius 2 is 1.72 bits per heavy atom. The summed E-state index contributed by atoms with van der Waals surface area (Å²) in [7, 11) is 1.64. The molecule has 2 N–H and O–H groups in total. The van der Waals surface area contributed by atoms with Crippen LogP contribution in [0, 0.1) is 6.92 Å². The minimum Gasteiger partial charge on any atom is -0.383 e. The van der Waals surface area contributed by atoms with Crippen molar-refractivity contribution in [2.45, 2.75) is 19.6 Å². The zero-order valence-electron chi connectivity index (χ0n) is 19.6. The van der Waals surface area contributed by atoms with Gasteiger partial charge in [0.25, 0.3) is 0 Å². The van der Waals surface area contributed by atoms with Crippen LogP contribution in [0.3, 0.4) is 0 Å². The number of halogens is 3. The van der Waals surface area contributed by atoms with Crippen LogP contribution in [0.2, 0.25) is 0 Å². The molecule has 0 spiro atoms. The third kappa shape index (κ3) is 5.27. The predicted molar refractivity (Wildman–Crippen MR) is 131 cm³/mol. The smallest absolute Gasteiger partial charge is 0.383 e. The fourth-order valence-corrected chi connectivity index (χ4v) is 3.76. The van der Waals surface area contributed by atoms with E-state index in [1.54, 1.807) is 25.6 Å². The average Bonchev–Trinajstić information content (AvgIpc) is 2.85. The van der Waals surface area contributed by atoms with Gasteiger partial charge < -0.3 is 5.73 Å². The molecule has 3 aromatic heterocycles. The van der Waals surface area contributed by atoms with Crippen LogP contribution in [0.4, 0.5) is 19.0 Å². The molecule has 0 saturated carbocycles. The Morgan fingerprint density at radius 1 is 1.03 bits per heavy atom. The maximum absolute atomic E-state index is 13.0.